The molecule has 2 aliphatic heterocycles. The fraction of sp³-hybridized carbons (Fsp3) is 1.00. The predicted octanol–water partition coefficient (Wildman–Crippen LogP) is 1.50. The van der Waals surface area contributed by atoms with Crippen molar-refractivity contribution in [3.05, 3.63) is 0 Å². The van der Waals surface area contributed by atoms with Crippen molar-refractivity contribution in [1.82, 2.24) is 10.2 Å². The summed E-state index contributed by atoms with van der Waals surface area (Å²) in [5, 5.41) is 3.70. The van der Waals surface area contributed by atoms with Gasteiger partial charge in [-0.15, -0.1) is 0 Å². The topological polar surface area (TPSA) is 33.7 Å². The van der Waals surface area contributed by atoms with Crippen LogP contribution in [0.1, 0.15) is 33.1 Å². The van der Waals surface area contributed by atoms with Gasteiger partial charge in [0, 0.05) is 44.8 Å². The molecule has 2 saturated heterocycles. The summed E-state index contributed by atoms with van der Waals surface area (Å²) in [6.07, 6.45) is 3.89. The molecule has 0 aliphatic carbocycles. The Morgan fingerprint density at radius 3 is 3.05 bits per heavy atom. The zero-order chi connectivity index (χ0) is 13.5. The largest absolute Gasteiger partial charge is 0.381 e. The van der Waals surface area contributed by atoms with Gasteiger partial charge in [-0.1, -0.05) is 6.92 Å². The quantitative estimate of drug-likeness (QED) is 0.821. The Balaban J connectivity index is 1.83. The van der Waals surface area contributed by atoms with E-state index in [9.17, 15) is 0 Å². The van der Waals surface area contributed by atoms with Crippen molar-refractivity contribution in [3.63, 3.8) is 0 Å². The van der Waals surface area contributed by atoms with Gasteiger partial charge >= 0.3 is 0 Å². The lowest BCUT2D eigenvalue weighted by Gasteiger charge is -2.36. The van der Waals surface area contributed by atoms with Crippen LogP contribution in [0.5, 0.6) is 0 Å². The van der Waals surface area contributed by atoms with Gasteiger partial charge in [-0.25, -0.2) is 0 Å². The highest BCUT2D eigenvalue weighted by Crippen LogP contribution is 2.18. The fourth-order valence-electron chi connectivity index (χ4n) is 3.15. The summed E-state index contributed by atoms with van der Waals surface area (Å²) in [6, 6.07) is 0.633. The molecule has 0 aromatic carbocycles. The second kappa shape index (κ2) is 8.20. The number of ether oxygens (including phenoxy) is 2. The molecule has 0 saturated carbocycles. The molecule has 3 atom stereocenters. The van der Waals surface area contributed by atoms with Gasteiger partial charge in [0.25, 0.3) is 0 Å². The maximum absolute atomic E-state index is 5.73. The Labute approximate surface area is 117 Å². The smallest absolute Gasteiger partial charge is 0.0673 e. The normalized spacial score (nSPS) is 34.1. The highest BCUT2D eigenvalue weighted by Gasteiger charge is 2.28. The third kappa shape index (κ3) is 5.03. The van der Waals surface area contributed by atoms with Gasteiger partial charge in [-0.05, 0) is 32.7 Å². The van der Waals surface area contributed by atoms with Gasteiger partial charge in [-0.3, -0.25) is 0 Å². The first-order valence-corrected chi connectivity index (χ1v) is 7.94. The molecular weight excluding hydrogens is 240 g/mol. The zero-order valence-electron chi connectivity index (χ0n) is 12.6. The van der Waals surface area contributed by atoms with E-state index in [1.807, 2.05) is 0 Å². The first-order chi connectivity index (χ1) is 9.29. The van der Waals surface area contributed by atoms with Crippen LogP contribution in [0, 0.1) is 5.92 Å². The van der Waals surface area contributed by atoms with Crippen molar-refractivity contribution in [1.29, 1.82) is 0 Å². The van der Waals surface area contributed by atoms with Crippen molar-refractivity contribution < 1.29 is 9.47 Å². The number of hydrogen-bond acceptors (Lipinski definition) is 4. The van der Waals surface area contributed by atoms with Gasteiger partial charge in [0.2, 0.25) is 0 Å². The molecule has 0 bridgehead atoms. The molecule has 1 N–H and O–H groups in total. The molecule has 4 heteroatoms. The minimum absolute atomic E-state index is 0.369. The Morgan fingerprint density at radius 2 is 2.21 bits per heavy atom. The fourth-order valence-corrected chi connectivity index (χ4v) is 3.15. The molecule has 0 aromatic rings. The van der Waals surface area contributed by atoms with E-state index in [0.29, 0.717) is 18.1 Å². The Bertz CT molecular complexity index is 250. The summed E-state index contributed by atoms with van der Waals surface area (Å²) >= 11 is 0. The number of hydrogen-bond donors (Lipinski definition) is 1. The Hall–Kier alpha value is -0.160. The Kier molecular flexibility index (Phi) is 6.57. The first kappa shape index (κ1) is 15.2. The van der Waals surface area contributed by atoms with E-state index in [2.05, 4.69) is 24.1 Å². The maximum Gasteiger partial charge on any atom is 0.0673 e. The van der Waals surface area contributed by atoms with Gasteiger partial charge in [0.1, 0.15) is 0 Å². The molecule has 2 heterocycles. The summed E-state index contributed by atoms with van der Waals surface area (Å²) < 4.78 is 11.4. The molecule has 0 spiro atoms. The van der Waals surface area contributed by atoms with Crippen molar-refractivity contribution in [2.75, 3.05) is 46.0 Å². The summed E-state index contributed by atoms with van der Waals surface area (Å²) in [6.45, 7) is 11.7. The standard InChI is InChI=1S/C15H30N2O2/c1-3-6-16-15-5-9-18-12-14(15)11-17-7-4-8-19-13(2)10-17/h13-16H,3-12H2,1-2H3. The summed E-state index contributed by atoms with van der Waals surface area (Å²) in [7, 11) is 0. The first-order valence-electron chi connectivity index (χ1n) is 7.94. The van der Waals surface area contributed by atoms with E-state index >= 15 is 0 Å². The molecule has 3 unspecified atom stereocenters. The van der Waals surface area contributed by atoms with Crippen molar-refractivity contribution in [2.45, 2.75) is 45.3 Å². The minimum Gasteiger partial charge on any atom is -0.381 e. The molecule has 4 nitrogen and oxygen atoms in total. The SMILES string of the molecule is CCCNC1CCOCC1CN1CCCOC(C)C1. The second-order valence-electron chi connectivity index (χ2n) is 5.98. The van der Waals surface area contributed by atoms with Crippen LogP contribution >= 0.6 is 0 Å². The molecule has 2 aliphatic rings. The maximum atomic E-state index is 5.73. The second-order valence-corrected chi connectivity index (χ2v) is 5.98. The average molecular weight is 270 g/mol. The summed E-state index contributed by atoms with van der Waals surface area (Å²) in [5.41, 5.74) is 0. The van der Waals surface area contributed by atoms with E-state index in [-0.39, 0.29) is 0 Å². The highest BCUT2D eigenvalue weighted by atomic mass is 16.5. The monoisotopic (exact) mass is 270 g/mol. The average Bonchev–Trinajstić information content (AvgIpc) is 2.62. The van der Waals surface area contributed by atoms with Gasteiger partial charge in [0.05, 0.1) is 12.7 Å². The molecule has 112 valence electrons. The lowest BCUT2D eigenvalue weighted by atomic mass is 9.94. The van der Waals surface area contributed by atoms with Crippen molar-refractivity contribution in [2.24, 2.45) is 5.92 Å². The predicted molar refractivity (Wildman–Crippen MR) is 77.5 cm³/mol. The minimum atomic E-state index is 0.369. The molecule has 2 rings (SSSR count). The van der Waals surface area contributed by atoms with Gasteiger partial charge in [0.15, 0.2) is 0 Å². The van der Waals surface area contributed by atoms with Crippen molar-refractivity contribution in [3.8, 4) is 0 Å². The van der Waals surface area contributed by atoms with E-state index in [4.69, 9.17) is 9.47 Å². The van der Waals surface area contributed by atoms with E-state index in [0.717, 1.165) is 52.3 Å². The molecular formula is C15H30N2O2. The van der Waals surface area contributed by atoms with Crippen LogP contribution in [0.4, 0.5) is 0 Å². The van der Waals surface area contributed by atoms with E-state index in [1.165, 1.54) is 13.0 Å². The van der Waals surface area contributed by atoms with E-state index < -0.39 is 0 Å². The van der Waals surface area contributed by atoms with E-state index in [1.54, 1.807) is 0 Å². The van der Waals surface area contributed by atoms with Crippen LogP contribution in [-0.2, 0) is 9.47 Å². The van der Waals surface area contributed by atoms with Gasteiger partial charge < -0.3 is 19.7 Å². The van der Waals surface area contributed by atoms with Crippen LogP contribution in [0.2, 0.25) is 0 Å². The molecule has 19 heavy (non-hydrogen) atoms. The molecule has 0 amide bonds. The number of rotatable bonds is 5. The molecule has 0 radical (unpaired) electrons. The highest BCUT2D eigenvalue weighted by molar-refractivity contribution is 4.83. The van der Waals surface area contributed by atoms with Crippen LogP contribution in [0.25, 0.3) is 0 Å². The van der Waals surface area contributed by atoms with Crippen LogP contribution < -0.4 is 5.32 Å². The van der Waals surface area contributed by atoms with Gasteiger partial charge in [-0.2, -0.15) is 0 Å². The number of nitrogens with one attached hydrogen (secondary N) is 1. The lowest BCUT2D eigenvalue weighted by molar-refractivity contribution is 0.0115. The third-order valence-electron chi connectivity index (χ3n) is 4.16. The lowest BCUT2D eigenvalue weighted by Crippen LogP contribution is -2.48. The Morgan fingerprint density at radius 1 is 1.32 bits per heavy atom. The summed E-state index contributed by atoms with van der Waals surface area (Å²) in [5.74, 6) is 0.630. The third-order valence-corrected chi connectivity index (χ3v) is 4.16. The van der Waals surface area contributed by atoms with Crippen LogP contribution in [0.15, 0.2) is 0 Å². The number of nitrogens with zero attached hydrogens (tertiary/aromatic N) is 1. The van der Waals surface area contributed by atoms with Crippen LogP contribution in [-0.4, -0.2) is 63.0 Å². The zero-order valence-corrected chi connectivity index (χ0v) is 12.6. The summed E-state index contributed by atoms with van der Waals surface area (Å²) in [4.78, 5) is 2.57. The van der Waals surface area contributed by atoms with Crippen LogP contribution in [0.3, 0.4) is 0 Å². The molecule has 2 fully saturated rings. The van der Waals surface area contributed by atoms with Crippen molar-refractivity contribution >= 4 is 0 Å². The molecule has 0 aromatic heterocycles.